The van der Waals surface area contributed by atoms with Crippen LogP contribution in [0.1, 0.15) is 13.8 Å². The van der Waals surface area contributed by atoms with E-state index >= 15 is 0 Å². The predicted molar refractivity (Wildman–Crippen MR) is 35.9 cm³/mol. The van der Waals surface area contributed by atoms with Crippen LogP contribution in [0.3, 0.4) is 0 Å². The Balaban J connectivity index is 3.23. The molecule has 1 unspecified atom stereocenters. The molecule has 0 saturated carbocycles. The second-order valence-corrected chi connectivity index (χ2v) is 1.57. The molecule has 0 rings (SSSR count). The van der Waals surface area contributed by atoms with Crippen LogP contribution in [0.2, 0.25) is 0 Å². The van der Waals surface area contributed by atoms with Crippen LogP contribution in [0.25, 0.3) is 0 Å². The summed E-state index contributed by atoms with van der Waals surface area (Å²) < 4.78 is 4.90. The maximum Gasteiger partial charge on any atom is 0.137 e. The van der Waals surface area contributed by atoms with E-state index < -0.39 is 6.10 Å². The summed E-state index contributed by atoms with van der Waals surface area (Å²) in [6.45, 7) is 4.51. The molecule has 0 aromatic rings. The highest BCUT2D eigenvalue weighted by atomic mass is 16.5. The van der Waals surface area contributed by atoms with Crippen molar-refractivity contribution in [1.29, 1.82) is 0 Å². The first kappa shape index (κ1) is 8.48. The second-order valence-electron chi connectivity index (χ2n) is 1.57. The lowest BCUT2D eigenvalue weighted by Crippen LogP contribution is -2.12. The standard InChI is InChI=1S/C7H12O2/c1-3-5-7(8)6-9-4-2/h7-8H,4,6H2,1-2H3. The van der Waals surface area contributed by atoms with Crippen molar-refractivity contribution in [3.05, 3.63) is 0 Å². The van der Waals surface area contributed by atoms with Gasteiger partial charge in [0.05, 0.1) is 6.61 Å². The Labute approximate surface area is 55.8 Å². The first-order valence-corrected chi connectivity index (χ1v) is 2.99. The number of ether oxygens (including phenoxy) is 1. The van der Waals surface area contributed by atoms with Gasteiger partial charge in [-0.3, -0.25) is 0 Å². The minimum absolute atomic E-state index is 0.317. The molecule has 0 aliphatic rings. The summed E-state index contributed by atoms with van der Waals surface area (Å²) in [5.41, 5.74) is 0. The van der Waals surface area contributed by atoms with Crippen LogP contribution >= 0.6 is 0 Å². The van der Waals surface area contributed by atoms with E-state index in [-0.39, 0.29) is 0 Å². The molecule has 52 valence electrons. The summed E-state index contributed by atoms with van der Waals surface area (Å²) in [7, 11) is 0. The summed E-state index contributed by atoms with van der Waals surface area (Å²) in [4.78, 5) is 0. The molecule has 1 N–H and O–H groups in total. The van der Waals surface area contributed by atoms with Crippen LogP contribution in [0.5, 0.6) is 0 Å². The van der Waals surface area contributed by atoms with Crippen LogP contribution < -0.4 is 0 Å². The molecule has 0 aromatic heterocycles. The minimum Gasteiger partial charge on any atom is -0.378 e. The van der Waals surface area contributed by atoms with Crippen molar-refractivity contribution in [2.45, 2.75) is 20.0 Å². The molecular weight excluding hydrogens is 116 g/mol. The number of aliphatic hydroxyl groups is 1. The van der Waals surface area contributed by atoms with E-state index in [0.29, 0.717) is 13.2 Å². The summed E-state index contributed by atoms with van der Waals surface area (Å²) >= 11 is 0. The van der Waals surface area contributed by atoms with Gasteiger partial charge in [0.15, 0.2) is 0 Å². The van der Waals surface area contributed by atoms with Crippen molar-refractivity contribution in [2.24, 2.45) is 0 Å². The van der Waals surface area contributed by atoms with Crippen molar-refractivity contribution in [3.8, 4) is 11.8 Å². The van der Waals surface area contributed by atoms with E-state index in [4.69, 9.17) is 9.84 Å². The zero-order chi connectivity index (χ0) is 7.11. The molecule has 0 amide bonds. The molecule has 1 atom stereocenters. The highest BCUT2D eigenvalue weighted by molar-refractivity contribution is 5.01. The van der Waals surface area contributed by atoms with Crippen LogP contribution in [0, 0.1) is 11.8 Å². The van der Waals surface area contributed by atoms with Crippen molar-refractivity contribution in [1.82, 2.24) is 0 Å². The highest BCUT2D eigenvalue weighted by Gasteiger charge is 1.94. The Morgan fingerprint density at radius 3 is 2.78 bits per heavy atom. The first-order valence-electron chi connectivity index (χ1n) is 2.99. The lowest BCUT2D eigenvalue weighted by Gasteiger charge is -2.00. The largest absolute Gasteiger partial charge is 0.378 e. The summed E-state index contributed by atoms with van der Waals surface area (Å²) in [5, 5.41) is 8.88. The Morgan fingerprint density at radius 2 is 2.33 bits per heavy atom. The molecule has 2 heteroatoms. The zero-order valence-corrected chi connectivity index (χ0v) is 5.85. The first-order chi connectivity index (χ1) is 4.31. The SMILES string of the molecule is CC#CC(O)COCC. The summed E-state index contributed by atoms with van der Waals surface area (Å²) in [6, 6.07) is 0. The van der Waals surface area contributed by atoms with E-state index in [0.717, 1.165) is 0 Å². The maximum atomic E-state index is 8.88. The fourth-order valence-corrected chi connectivity index (χ4v) is 0.438. The lowest BCUT2D eigenvalue weighted by molar-refractivity contribution is 0.0713. The zero-order valence-electron chi connectivity index (χ0n) is 5.85. The number of aliphatic hydroxyl groups excluding tert-OH is 1. The number of rotatable bonds is 3. The minimum atomic E-state index is -0.616. The van der Waals surface area contributed by atoms with E-state index in [9.17, 15) is 0 Å². The highest BCUT2D eigenvalue weighted by Crippen LogP contribution is 1.81. The van der Waals surface area contributed by atoms with Gasteiger partial charge in [-0.25, -0.2) is 0 Å². The summed E-state index contributed by atoms with van der Waals surface area (Å²) in [6.07, 6.45) is -0.616. The molecule has 0 aliphatic heterocycles. The molecule has 0 spiro atoms. The molecule has 0 aliphatic carbocycles. The lowest BCUT2D eigenvalue weighted by atomic mass is 10.4. The average Bonchev–Trinajstić information content (AvgIpc) is 1.85. The van der Waals surface area contributed by atoms with Gasteiger partial charge in [0.2, 0.25) is 0 Å². The van der Waals surface area contributed by atoms with Gasteiger partial charge in [0.1, 0.15) is 6.10 Å². The monoisotopic (exact) mass is 128 g/mol. The topological polar surface area (TPSA) is 29.5 Å². The Morgan fingerprint density at radius 1 is 1.67 bits per heavy atom. The van der Waals surface area contributed by atoms with Crippen LogP contribution in [-0.4, -0.2) is 24.4 Å². The van der Waals surface area contributed by atoms with E-state index in [1.807, 2.05) is 6.92 Å². The Bertz CT molecular complexity index is 110. The van der Waals surface area contributed by atoms with Gasteiger partial charge in [-0.05, 0) is 13.8 Å². The molecule has 0 radical (unpaired) electrons. The maximum absolute atomic E-state index is 8.88. The van der Waals surface area contributed by atoms with Crippen LogP contribution in [0.4, 0.5) is 0 Å². The van der Waals surface area contributed by atoms with E-state index in [1.54, 1.807) is 6.92 Å². The molecule has 0 bridgehead atoms. The number of hydrogen-bond acceptors (Lipinski definition) is 2. The van der Waals surface area contributed by atoms with Crippen molar-refractivity contribution in [3.63, 3.8) is 0 Å². The average molecular weight is 128 g/mol. The fourth-order valence-electron chi connectivity index (χ4n) is 0.438. The van der Waals surface area contributed by atoms with E-state index in [2.05, 4.69) is 11.8 Å². The van der Waals surface area contributed by atoms with Gasteiger partial charge in [-0.2, -0.15) is 0 Å². The van der Waals surface area contributed by atoms with Crippen molar-refractivity contribution >= 4 is 0 Å². The van der Waals surface area contributed by atoms with Gasteiger partial charge in [-0.1, -0.05) is 5.92 Å². The predicted octanol–water partition coefficient (Wildman–Crippen LogP) is 0.407. The van der Waals surface area contributed by atoms with Crippen LogP contribution in [-0.2, 0) is 4.74 Å². The summed E-state index contributed by atoms with van der Waals surface area (Å²) in [5.74, 6) is 5.16. The molecule has 0 fully saturated rings. The van der Waals surface area contributed by atoms with Gasteiger partial charge in [-0.15, -0.1) is 5.92 Å². The number of hydrogen-bond donors (Lipinski definition) is 1. The Hall–Kier alpha value is -0.520. The van der Waals surface area contributed by atoms with Gasteiger partial charge in [0, 0.05) is 6.61 Å². The van der Waals surface area contributed by atoms with E-state index in [1.165, 1.54) is 0 Å². The van der Waals surface area contributed by atoms with Gasteiger partial charge >= 0.3 is 0 Å². The third-order valence-electron chi connectivity index (χ3n) is 0.791. The van der Waals surface area contributed by atoms with Crippen LogP contribution in [0.15, 0.2) is 0 Å². The second kappa shape index (κ2) is 5.61. The normalized spacial score (nSPS) is 11.9. The quantitative estimate of drug-likeness (QED) is 0.558. The smallest absolute Gasteiger partial charge is 0.137 e. The molecule has 0 aromatic carbocycles. The molecule has 2 nitrogen and oxygen atoms in total. The molecule has 0 heterocycles. The fraction of sp³-hybridized carbons (Fsp3) is 0.714. The Kier molecular flexibility index (Phi) is 5.29. The third-order valence-corrected chi connectivity index (χ3v) is 0.791. The van der Waals surface area contributed by atoms with Gasteiger partial charge in [0.25, 0.3) is 0 Å². The van der Waals surface area contributed by atoms with Crippen molar-refractivity contribution in [2.75, 3.05) is 13.2 Å². The molecule has 0 saturated heterocycles. The van der Waals surface area contributed by atoms with Gasteiger partial charge < -0.3 is 9.84 Å². The van der Waals surface area contributed by atoms with Crippen molar-refractivity contribution < 1.29 is 9.84 Å². The molecular formula is C7H12O2. The molecule has 9 heavy (non-hydrogen) atoms. The third kappa shape index (κ3) is 5.35.